The van der Waals surface area contributed by atoms with Crippen molar-refractivity contribution in [1.82, 2.24) is 19.6 Å². The molecule has 5 rings (SSSR count). The maximum Gasteiger partial charge on any atom is 0.259 e. The van der Waals surface area contributed by atoms with E-state index in [-0.39, 0.29) is 23.9 Å². The average molecular weight is 472 g/mol. The number of aromatic nitrogens is 3. The van der Waals surface area contributed by atoms with E-state index in [4.69, 9.17) is 9.26 Å². The molecule has 1 aliphatic heterocycles. The molecular weight excluding hydrogens is 446 g/mol. The predicted molar refractivity (Wildman–Crippen MR) is 131 cm³/mol. The van der Waals surface area contributed by atoms with Gasteiger partial charge in [0.25, 0.3) is 11.4 Å². The van der Waals surface area contributed by atoms with Gasteiger partial charge in [-0.05, 0) is 42.5 Å². The molecule has 0 atom stereocenters. The number of nitrogens with zero attached hydrogens (tertiary/aromatic N) is 5. The molecule has 35 heavy (non-hydrogen) atoms. The quantitative estimate of drug-likeness (QED) is 0.427. The first-order chi connectivity index (χ1) is 17.1. The minimum atomic E-state index is -0.264. The van der Waals surface area contributed by atoms with Gasteiger partial charge in [-0.3, -0.25) is 9.59 Å². The van der Waals surface area contributed by atoms with E-state index in [1.54, 1.807) is 24.3 Å². The molecule has 1 fully saturated rings. The number of para-hydroxylation sites is 1. The number of pyridine rings is 1. The van der Waals surface area contributed by atoms with Crippen LogP contribution in [0.3, 0.4) is 0 Å². The fraction of sp³-hybridized carbons (Fsp3) is 0.231. The van der Waals surface area contributed by atoms with Gasteiger partial charge < -0.3 is 23.6 Å². The molecule has 9 nitrogen and oxygen atoms in total. The Hall–Kier alpha value is -4.40. The summed E-state index contributed by atoms with van der Waals surface area (Å²) in [7, 11) is 1.60. The number of carbonyl (C=O) groups is 1. The van der Waals surface area contributed by atoms with Gasteiger partial charge in [-0.1, -0.05) is 23.4 Å². The third-order valence-corrected chi connectivity index (χ3v) is 6.06. The van der Waals surface area contributed by atoms with Crippen molar-refractivity contribution in [2.24, 2.45) is 0 Å². The number of methoxy groups -OCH3 is 1. The number of piperazine rings is 1. The van der Waals surface area contributed by atoms with E-state index in [2.05, 4.69) is 27.2 Å². The minimum Gasteiger partial charge on any atom is -0.497 e. The van der Waals surface area contributed by atoms with Crippen LogP contribution in [0.25, 0.3) is 22.8 Å². The highest BCUT2D eigenvalue weighted by molar-refractivity contribution is 5.76. The van der Waals surface area contributed by atoms with Crippen molar-refractivity contribution >= 4 is 11.6 Å². The summed E-state index contributed by atoms with van der Waals surface area (Å²) >= 11 is 0. The molecule has 0 aliphatic carbocycles. The van der Waals surface area contributed by atoms with E-state index in [9.17, 15) is 9.59 Å². The third-order valence-electron chi connectivity index (χ3n) is 6.06. The Morgan fingerprint density at radius 2 is 1.66 bits per heavy atom. The number of ether oxygens (including phenoxy) is 1. The standard InChI is InChI=1S/C26H25N5O4/c1-34-22-10-7-19(8-11-22)25-27-26(35-28-25)20-9-12-23(32)31(17-20)18-24(33)30-15-13-29(14-16-30)21-5-3-2-4-6-21/h2-12,17H,13-16,18H2,1H3. The van der Waals surface area contributed by atoms with Gasteiger partial charge in [0.1, 0.15) is 12.3 Å². The number of benzene rings is 2. The van der Waals surface area contributed by atoms with E-state index < -0.39 is 0 Å². The Labute approximate surface area is 202 Å². The number of amides is 1. The lowest BCUT2D eigenvalue weighted by atomic mass is 10.2. The zero-order chi connectivity index (χ0) is 24.2. The highest BCUT2D eigenvalue weighted by atomic mass is 16.5. The maximum atomic E-state index is 12.9. The van der Waals surface area contributed by atoms with E-state index in [0.717, 1.165) is 30.1 Å². The fourth-order valence-corrected chi connectivity index (χ4v) is 4.08. The van der Waals surface area contributed by atoms with E-state index in [1.807, 2.05) is 42.5 Å². The first-order valence-corrected chi connectivity index (χ1v) is 11.4. The van der Waals surface area contributed by atoms with Crippen LogP contribution in [-0.2, 0) is 11.3 Å². The Kier molecular flexibility index (Phi) is 6.30. The Balaban J connectivity index is 1.26. The van der Waals surface area contributed by atoms with Crippen LogP contribution in [0.15, 0.2) is 82.2 Å². The second-order valence-corrected chi connectivity index (χ2v) is 8.24. The van der Waals surface area contributed by atoms with Crippen molar-refractivity contribution in [1.29, 1.82) is 0 Å². The van der Waals surface area contributed by atoms with Crippen LogP contribution < -0.4 is 15.2 Å². The summed E-state index contributed by atoms with van der Waals surface area (Å²) in [4.78, 5) is 33.9. The molecule has 4 aromatic rings. The summed E-state index contributed by atoms with van der Waals surface area (Å²) < 4.78 is 12.0. The lowest BCUT2D eigenvalue weighted by Crippen LogP contribution is -2.50. The summed E-state index contributed by atoms with van der Waals surface area (Å²) in [5.74, 6) is 1.33. The number of rotatable bonds is 6. The monoisotopic (exact) mass is 471 g/mol. The van der Waals surface area contributed by atoms with Gasteiger partial charge in [-0.25, -0.2) is 0 Å². The summed E-state index contributed by atoms with van der Waals surface area (Å²) in [6.45, 7) is 2.67. The molecule has 0 spiro atoms. The third kappa shape index (κ3) is 4.93. The largest absolute Gasteiger partial charge is 0.497 e. The summed E-state index contributed by atoms with van der Waals surface area (Å²) in [6, 6.07) is 20.5. The van der Waals surface area contributed by atoms with Gasteiger partial charge in [-0.2, -0.15) is 4.98 Å². The number of hydrogen-bond acceptors (Lipinski definition) is 7. The molecule has 0 radical (unpaired) electrons. The van der Waals surface area contributed by atoms with E-state index in [1.165, 1.54) is 10.6 Å². The molecule has 1 saturated heterocycles. The molecular formula is C26H25N5O4. The molecule has 2 aromatic carbocycles. The number of carbonyl (C=O) groups excluding carboxylic acids is 1. The predicted octanol–water partition coefficient (Wildman–Crippen LogP) is 2.92. The smallest absolute Gasteiger partial charge is 0.259 e. The molecule has 9 heteroatoms. The average Bonchev–Trinajstić information content (AvgIpc) is 3.41. The summed E-state index contributed by atoms with van der Waals surface area (Å²) in [5, 5.41) is 4.04. The fourth-order valence-electron chi connectivity index (χ4n) is 4.08. The normalized spacial score (nSPS) is 13.6. The van der Waals surface area contributed by atoms with Gasteiger partial charge in [0.15, 0.2) is 0 Å². The minimum absolute atomic E-state index is 0.0442. The van der Waals surface area contributed by atoms with Crippen molar-refractivity contribution in [3.8, 4) is 28.6 Å². The van der Waals surface area contributed by atoms with Crippen LogP contribution in [0.1, 0.15) is 0 Å². The maximum absolute atomic E-state index is 12.9. The molecule has 1 aliphatic rings. The van der Waals surface area contributed by atoms with E-state index in [0.29, 0.717) is 24.5 Å². The van der Waals surface area contributed by atoms with E-state index >= 15 is 0 Å². The Bertz CT molecular complexity index is 1360. The molecule has 1 amide bonds. The van der Waals surface area contributed by atoms with Gasteiger partial charge in [-0.15, -0.1) is 0 Å². The molecule has 0 N–H and O–H groups in total. The Morgan fingerprint density at radius 3 is 2.37 bits per heavy atom. The van der Waals surface area contributed by atoms with Crippen molar-refractivity contribution in [2.75, 3.05) is 38.2 Å². The zero-order valence-electron chi connectivity index (χ0n) is 19.3. The lowest BCUT2D eigenvalue weighted by molar-refractivity contribution is -0.132. The first kappa shape index (κ1) is 22.4. The van der Waals surface area contributed by atoms with Crippen LogP contribution in [0.4, 0.5) is 5.69 Å². The zero-order valence-corrected chi connectivity index (χ0v) is 19.3. The molecule has 0 unspecified atom stereocenters. The highest BCUT2D eigenvalue weighted by Gasteiger charge is 2.22. The van der Waals surface area contributed by atoms with Crippen LogP contribution in [0.5, 0.6) is 5.75 Å². The number of anilines is 1. The van der Waals surface area contributed by atoms with Gasteiger partial charge in [0.05, 0.1) is 12.7 Å². The second-order valence-electron chi connectivity index (χ2n) is 8.24. The van der Waals surface area contributed by atoms with Gasteiger partial charge in [0.2, 0.25) is 11.7 Å². The lowest BCUT2D eigenvalue weighted by Gasteiger charge is -2.36. The van der Waals surface area contributed by atoms with Gasteiger partial charge in [0, 0.05) is 49.7 Å². The number of hydrogen-bond donors (Lipinski definition) is 0. The SMILES string of the molecule is COc1ccc(-c2noc(-c3ccc(=O)n(CC(=O)N4CCN(c5ccccc5)CC4)c3)n2)cc1. The van der Waals surface area contributed by atoms with Crippen LogP contribution >= 0.6 is 0 Å². The van der Waals surface area contributed by atoms with Gasteiger partial charge >= 0.3 is 0 Å². The molecule has 0 bridgehead atoms. The molecule has 2 aromatic heterocycles. The summed E-state index contributed by atoms with van der Waals surface area (Å²) in [6.07, 6.45) is 1.59. The first-order valence-electron chi connectivity index (χ1n) is 11.4. The van der Waals surface area contributed by atoms with Crippen LogP contribution in [0.2, 0.25) is 0 Å². The van der Waals surface area contributed by atoms with Crippen LogP contribution in [-0.4, -0.2) is 58.8 Å². The highest BCUT2D eigenvalue weighted by Crippen LogP contribution is 2.23. The molecule has 0 saturated carbocycles. The van der Waals surface area contributed by atoms with Crippen molar-refractivity contribution in [3.63, 3.8) is 0 Å². The topological polar surface area (TPSA) is 93.7 Å². The van der Waals surface area contributed by atoms with Crippen molar-refractivity contribution in [3.05, 3.63) is 83.3 Å². The Morgan fingerprint density at radius 1 is 0.943 bits per heavy atom. The molecule has 178 valence electrons. The van der Waals surface area contributed by atoms with Crippen LogP contribution in [0, 0.1) is 0 Å². The summed E-state index contributed by atoms with van der Waals surface area (Å²) in [5.41, 5.74) is 2.23. The second kappa shape index (κ2) is 9.84. The van der Waals surface area contributed by atoms with Crippen molar-refractivity contribution in [2.45, 2.75) is 6.54 Å². The van der Waals surface area contributed by atoms with Crippen molar-refractivity contribution < 1.29 is 14.1 Å². The molecule has 3 heterocycles.